The predicted molar refractivity (Wildman–Crippen MR) is 46.5 cm³/mol. The van der Waals surface area contributed by atoms with Gasteiger partial charge in [-0.25, -0.2) is 4.98 Å². The van der Waals surface area contributed by atoms with Crippen molar-refractivity contribution in [2.45, 2.75) is 13.3 Å². The minimum absolute atomic E-state index is 0.191. The molecule has 0 aliphatic heterocycles. The molecule has 0 radical (unpaired) electrons. The zero-order valence-corrected chi connectivity index (χ0v) is 7.17. The highest BCUT2D eigenvalue weighted by molar-refractivity contribution is 5.55. The van der Waals surface area contributed by atoms with E-state index in [0.717, 1.165) is 6.29 Å². The molecule has 1 aromatic rings. The topological polar surface area (TPSA) is 30.0 Å². The second-order valence-electron chi connectivity index (χ2n) is 2.44. The van der Waals surface area contributed by atoms with Crippen LogP contribution in [-0.4, -0.2) is 11.3 Å². The van der Waals surface area contributed by atoms with Gasteiger partial charge in [0.1, 0.15) is 6.29 Å². The molecule has 66 valence electrons. The highest BCUT2D eigenvalue weighted by Crippen LogP contribution is 2.03. The van der Waals surface area contributed by atoms with Crippen LogP contribution in [0, 0.1) is 24.7 Å². The molecule has 0 saturated heterocycles. The van der Waals surface area contributed by atoms with Crippen LogP contribution in [0.25, 0.3) is 0 Å². The molecular formula is C10H8FNO. The molecule has 0 unspecified atom stereocenters. The number of pyridine rings is 1. The maximum Gasteiger partial charge on any atom is 0.213 e. The number of carbonyl (C=O) groups is 1. The van der Waals surface area contributed by atoms with Gasteiger partial charge < -0.3 is 4.79 Å². The third kappa shape index (κ3) is 2.68. The molecule has 0 aliphatic rings. The minimum atomic E-state index is -0.515. The van der Waals surface area contributed by atoms with Gasteiger partial charge in [0.05, 0.1) is 12.1 Å². The van der Waals surface area contributed by atoms with Gasteiger partial charge in [-0.05, 0) is 19.1 Å². The maximum atomic E-state index is 12.5. The molecule has 0 amide bonds. The summed E-state index contributed by atoms with van der Waals surface area (Å²) in [4.78, 5) is 13.6. The molecule has 2 nitrogen and oxygen atoms in total. The van der Waals surface area contributed by atoms with Crippen LogP contribution < -0.4 is 0 Å². The second kappa shape index (κ2) is 4.36. The van der Waals surface area contributed by atoms with E-state index in [2.05, 4.69) is 16.8 Å². The number of halogens is 1. The average Bonchev–Trinajstić information content (AvgIpc) is 2.09. The first-order valence-electron chi connectivity index (χ1n) is 3.79. The van der Waals surface area contributed by atoms with Gasteiger partial charge >= 0.3 is 0 Å². The Morgan fingerprint density at radius 1 is 1.62 bits per heavy atom. The summed E-state index contributed by atoms with van der Waals surface area (Å²) in [6, 6.07) is 2.80. The molecular weight excluding hydrogens is 169 g/mol. The lowest BCUT2D eigenvalue weighted by molar-refractivity contribution is -0.107. The van der Waals surface area contributed by atoms with Gasteiger partial charge in [0.15, 0.2) is 0 Å². The molecule has 0 atom stereocenters. The number of aryl methyl sites for hydroxylation is 1. The fraction of sp³-hybridized carbons (Fsp3) is 0.200. The van der Waals surface area contributed by atoms with Gasteiger partial charge in [-0.15, -0.1) is 0 Å². The number of aromatic nitrogens is 1. The summed E-state index contributed by atoms with van der Waals surface area (Å²) >= 11 is 0. The Balaban J connectivity index is 2.91. The van der Waals surface area contributed by atoms with Crippen LogP contribution in [0.5, 0.6) is 0 Å². The van der Waals surface area contributed by atoms with E-state index in [4.69, 9.17) is 0 Å². The summed E-state index contributed by atoms with van der Waals surface area (Å²) in [5.41, 5.74) is 1.20. The number of rotatable bonds is 1. The molecule has 3 heteroatoms. The van der Waals surface area contributed by atoms with Crippen molar-refractivity contribution in [2.75, 3.05) is 0 Å². The minimum Gasteiger partial charge on any atom is -0.302 e. The molecule has 1 rings (SSSR count). The monoisotopic (exact) mass is 177 g/mol. The van der Waals surface area contributed by atoms with E-state index in [1.165, 1.54) is 6.07 Å². The standard InChI is InChI=1S/C10H8FNO/c1-8-9(4-2-3-7-13)5-6-10(11)12-8/h5-7H,3H2,1H3. The zero-order chi connectivity index (χ0) is 9.68. The van der Waals surface area contributed by atoms with Crippen LogP contribution in [0.15, 0.2) is 12.1 Å². The van der Waals surface area contributed by atoms with Crippen LogP contribution in [0.3, 0.4) is 0 Å². The van der Waals surface area contributed by atoms with Crippen molar-refractivity contribution in [3.05, 3.63) is 29.3 Å². The maximum absolute atomic E-state index is 12.5. The van der Waals surface area contributed by atoms with Crippen LogP contribution in [0.4, 0.5) is 4.39 Å². The normalized spacial score (nSPS) is 8.77. The SMILES string of the molecule is Cc1nc(F)ccc1C#CCC=O. The van der Waals surface area contributed by atoms with E-state index in [1.807, 2.05) is 0 Å². The first-order valence-corrected chi connectivity index (χ1v) is 3.79. The molecule has 1 heterocycles. The fourth-order valence-corrected chi connectivity index (χ4v) is 0.850. The summed E-state index contributed by atoms with van der Waals surface area (Å²) < 4.78 is 12.5. The highest BCUT2D eigenvalue weighted by atomic mass is 19.1. The van der Waals surface area contributed by atoms with Crippen molar-refractivity contribution in [3.63, 3.8) is 0 Å². The summed E-state index contributed by atoms with van der Waals surface area (Å²) in [6.07, 6.45) is 0.913. The van der Waals surface area contributed by atoms with Crippen molar-refractivity contribution in [1.29, 1.82) is 0 Å². The predicted octanol–water partition coefficient (Wildman–Crippen LogP) is 1.47. The van der Waals surface area contributed by atoms with Gasteiger partial charge in [0, 0.05) is 5.56 Å². The smallest absolute Gasteiger partial charge is 0.213 e. The highest BCUT2D eigenvalue weighted by Gasteiger charge is 1.96. The third-order valence-electron chi connectivity index (χ3n) is 1.46. The lowest BCUT2D eigenvalue weighted by Crippen LogP contribution is -1.90. The van der Waals surface area contributed by atoms with Crippen molar-refractivity contribution in [3.8, 4) is 11.8 Å². The molecule has 13 heavy (non-hydrogen) atoms. The zero-order valence-electron chi connectivity index (χ0n) is 7.17. The quantitative estimate of drug-likeness (QED) is 0.369. The van der Waals surface area contributed by atoms with E-state index < -0.39 is 5.95 Å². The summed E-state index contributed by atoms with van der Waals surface area (Å²) in [7, 11) is 0. The Labute approximate surface area is 75.8 Å². The number of aldehydes is 1. The number of nitrogens with zero attached hydrogens (tertiary/aromatic N) is 1. The van der Waals surface area contributed by atoms with E-state index >= 15 is 0 Å². The largest absolute Gasteiger partial charge is 0.302 e. The fourth-order valence-electron chi connectivity index (χ4n) is 0.850. The van der Waals surface area contributed by atoms with E-state index in [-0.39, 0.29) is 6.42 Å². The van der Waals surface area contributed by atoms with Gasteiger partial charge in [-0.3, -0.25) is 0 Å². The lowest BCUT2D eigenvalue weighted by atomic mass is 10.2. The summed E-state index contributed by atoms with van der Waals surface area (Å²) in [5.74, 6) is 4.85. The van der Waals surface area contributed by atoms with Gasteiger partial charge in [0.2, 0.25) is 5.95 Å². The van der Waals surface area contributed by atoms with Crippen LogP contribution >= 0.6 is 0 Å². The van der Waals surface area contributed by atoms with Crippen molar-refractivity contribution in [2.24, 2.45) is 0 Å². The van der Waals surface area contributed by atoms with Crippen LogP contribution in [0.2, 0.25) is 0 Å². The molecule has 0 bridgehead atoms. The Kier molecular flexibility index (Phi) is 3.15. The number of hydrogen-bond donors (Lipinski definition) is 0. The number of hydrogen-bond acceptors (Lipinski definition) is 2. The van der Waals surface area contributed by atoms with Crippen molar-refractivity contribution in [1.82, 2.24) is 4.98 Å². The molecule has 0 aromatic carbocycles. The summed E-state index contributed by atoms with van der Waals surface area (Å²) in [6.45, 7) is 1.67. The Bertz CT molecular complexity index is 376. The van der Waals surface area contributed by atoms with Crippen molar-refractivity contribution < 1.29 is 9.18 Å². The molecule has 0 aliphatic carbocycles. The molecule has 0 N–H and O–H groups in total. The van der Waals surface area contributed by atoms with Gasteiger partial charge in [-0.2, -0.15) is 4.39 Å². The molecule has 0 saturated carbocycles. The Morgan fingerprint density at radius 2 is 2.38 bits per heavy atom. The lowest BCUT2D eigenvalue weighted by Gasteiger charge is -1.95. The first kappa shape index (κ1) is 9.40. The van der Waals surface area contributed by atoms with E-state index in [9.17, 15) is 9.18 Å². The van der Waals surface area contributed by atoms with E-state index in [0.29, 0.717) is 11.3 Å². The van der Waals surface area contributed by atoms with Crippen LogP contribution in [0.1, 0.15) is 17.7 Å². The average molecular weight is 177 g/mol. The molecule has 0 spiro atoms. The first-order chi connectivity index (χ1) is 6.24. The number of carbonyl (C=O) groups excluding carboxylic acids is 1. The van der Waals surface area contributed by atoms with Crippen molar-refractivity contribution >= 4 is 6.29 Å². The van der Waals surface area contributed by atoms with E-state index in [1.54, 1.807) is 13.0 Å². The van der Waals surface area contributed by atoms with Gasteiger partial charge in [0.25, 0.3) is 0 Å². The van der Waals surface area contributed by atoms with Gasteiger partial charge in [-0.1, -0.05) is 11.8 Å². The summed E-state index contributed by atoms with van der Waals surface area (Å²) in [5, 5.41) is 0. The Morgan fingerprint density at radius 3 is 3.00 bits per heavy atom. The third-order valence-corrected chi connectivity index (χ3v) is 1.46. The van der Waals surface area contributed by atoms with Crippen LogP contribution in [-0.2, 0) is 4.79 Å². The molecule has 1 aromatic heterocycles. The Hall–Kier alpha value is -1.69. The second-order valence-corrected chi connectivity index (χ2v) is 2.44. The molecule has 0 fully saturated rings.